The van der Waals surface area contributed by atoms with Gasteiger partial charge in [-0.3, -0.25) is 29.1 Å². The summed E-state index contributed by atoms with van der Waals surface area (Å²) in [6.07, 6.45) is 24.0. The molecule has 2 aromatic carbocycles. The number of allylic oxidation sites excluding steroid dienone is 10. The number of pyridine rings is 1. The number of benzene rings is 2. The first-order chi connectivity index (χ1) is 41.6. The van der Waals surface area contributed by atoms with Crippen molar-refractivity contribution in [1.29, 1.82) is 0 Å². The number of nitrogens with one attached hydrogen (secondary N) is 3. The molecule has 0 radical (unpaired) electrons. The Balaban J connectivity index is 1.26. The number of rotatable bonds is 39. The molecule has 468 valence electrons. The van der Waals surface area contributed by atoms with Crippen molar-refractivity contribution in [3.8, 4) is 11.5 Å². The number of carbonyl (C=O) groups excluding carboxylic acids is 7. The van der Waals surface area contributed by atoms with Crippen molar-refractivity contribution >= 4 is 63.2 Å². The van der Waals surface area contributed by atoms with Crippen LogP contribution in [0.3, 0.4) is 0 Å². The minimum absolute atomic E-state index is 0.0344. The summed E-state index contributed by atoms with van der Waals surface area (Å²) in [5.41, 5.74) is -1.56. The molecule has 86 heavy (non-hydrogen) atoms. The number of aliphatic hydroxyl groups is 4. The molecule has 1 aromatic heterocycles. The molecule has 0 bridgehead atoms. The fraction of sp³-hybridized carbons (Fsp3) is 0.460. The molecule has 7 N–H and O–H groups in total. The summed E-state index contributed by atoms with van der Waals surface area (Å²) in [4.78, 5) is 98.3. The Hall–Kier alpha value is -6.96. The third kappa shape index (κ3) is 27.2. The molecule has 23 heteroatoms. The molecular weight excluding hydrogens is 1150 g/mol. The van der Waals surface area contributed by atoms with Crippen LogP contribution >= 0.6 is 21.6 Å². The molecule has 1 aliphatic heterocycles. The van der Waals surface area contributed by atoms with Crippen LogP contribution in [0.4, 0.5) is 0 Å². The van der Waals surface area contributed by atoms with E-state index in [1.807, 2.05) is 12.2 Å². The van der Waals surface area contributed by atoms with Gasteiger partial charge >= 0.3 is 23.9 Å². The van der Waals surface area contributed by atoms with Crippen molar-refractivity contribution in [2.75, 3.05) is 70.7 Å². The molecule has 0 saturated carbocycles. The average molecular weight is 1230 g/mol. The van der Waals surface area contributed by atoms with Crippen LogP contribution in [0.5, 0.6) is 11.5 Å². The zero-order valence-electron chi connectivity index (χ0n) is 49.1. The fourth-order valence-electron chi connectivity index (χ4n) is 8.23. The van der Waals surface area contributed by atoms with E-state index in [1.54, 1.807) is 30.9 Å². The van der Waals surface area contributed by atoms with Gasteiger partial charge in [-0.25, -0.2) is 14.4 Å². The minimum atomic E-state index is -1.59. The molecule has 21 nitrogen and oxygen atoms in total. The summed E-state index contributed by atoms with van der Waals surface area (Å²) in [6, 6.07) is 13.8. The SMILES string of the molecule is CC/C=C\C/C=C\C/C=C\C/C=C\C/C=C/CCCC(=O)OCC(C)(C)[C@@H](OC(=O)c1ccccc1OC(=O)c1ccccc1OC(=O)c1cccnc1)C(=O)NCCC(=O)NCCSSCCNC(=O)COCCN1C[C@@H](O)C(O)[C@H](O)C1CO. The lowest BCUT2D eigenvalue weighted by molar-refractivity contribution is -0.153. The molecule has 4 rings (SSSR count). The van der Waals surface area contributed by atoms with Crippen LogP contribution in [0.25, 0.3) is 0 Å². The third-order valence-corrected chi connectivity index (χ3v) is 15.3. The van der Waals surface area contributed by atoms with E-state index in [2.05, 4.69) is 76.5 Å². The van der Waals surface area contributed by atoms with E-state index < -0.39 is 72.3 Å². The highest BCUT2D eigenvalue weighted by Crippen LogP contribution is 2.30. The first-order valence-electron chi connectivity index (χ1n) is 28.7. The van der Waals surface area contributed by atoms with Crippen molar-refractivity contribution in [3.05, 3.63) is 151 Å². The number of amides is 3. The molecule has 2 heterocycles. The van der Waals surface area contributed by atoms with E-state index in [-0.39, 0.29) is 92.3 Å². The molecule has 0 aliphatic carbocycles. The average Bonchev–Trinajstić information content (AvgIpc) is 2.75. The summed E-state index contributed by atoms with van der Waals surface area (Å²) in [6.45, 7) is 5.16. The Morgan fingerprint density at radius 3 is 1.88 bits per heavy atom. The first kappa shape index (κ1) is 71.5. The minimum Gasteiger partial charge on any atom is -0.465 e. The number of unbranched alkanes of at least 4 members (excludes halogenated alkanes) is 1. The van der Waals surface area contributed by atoms with Crippen LogP contribution in [-0.4, -0.2) is 173 Å². The number of hydrogen-bond acceptors (Lipinski definition) is 20. The second kappa shape index (κ2) is 41.2. The number of para-hydroxylation sites is 2. The monoisotopic (exact) mass is 1230 g/mol. The van der Waals surface area contributed by atoms with Gasteiger partial charge in [0.15, 0.2) is 6.10 Å². The number of ether oxygens (including phenoxy) is 5. The van der Waals surface area contributed by atoms with E-state index in [0.29, 0.717) is 37.4 Å². The van der Waals surface area contributed by atoms with Crippen molar-refractivity contribution in [3.63, 3.8) is 0 Å². The highest BCUT2D eigenvalue weighted by atomic mass is 33.1. The third-order valence-electron chi connectivity index (χ3n) is 12.9. The van der Waals surface area contributed by atoms with Crippen LogP contribution in [0.2, 0.25) is 0 Å². The first-order valence-corrected chi connectivity index (χ1v) is 31.2. The number of hydrogen-bond donors (Lipinski definition) is 7. The molecule has 3 aromatic rings. The number of nitrogens with zero attached hydrogens (tertiary/aromatic N) is 2. The molecule has 5 atom stereocenters. The number of likely N-dealkylation sites (tertiary alicyclic amines) is 1. The predicted molar refractivity (Wildman–Crippen MR) is 329 cm³/mol. The fourth-order valence-corrected chi connectivity index (χ4v) is 10.0. The molecule has 1 saturated heterocycles. The Morgan fingerprint density at radius 1 is 0.698 bits per heavy atom. The second-order valence-electron chi connectivity index (χ2n) is 20.3. The van der Waals surface area contributed by atoms with E-state index in [0.717, 1.165) is 32.1 Å². The summed E-state index contributed by atoms with van der Waals surface area (Å²) in [5, 5.41) is 47.8. The van der Waals surface area contributed by atoms with Gasteiger partial charge in [-0.2, -0.15) is 0 Å². The van der Waals surface area contributed by atoms with Crippen molar-refractivity contribution in [2.24, 2.45) is 5.41 Å². The van der Waals surface area contributed by atoms with Crippen molar-refractivity contribution in [1.82, 2.24) is 25.8 Å². The Morgan fingerprint density at radius 2 is 1.28 bits per heavy atom. The van der Waals surface area contributed by atoms with Crippen molar-refractivity contribution < 1.29 is 77.7 Å². The molecule has 1 aliphatic rings. The van der Waals surface area contributed by atoms with E-state index in [4.69, 9.17) is 23.7 Å². The van der Waals surface area contributed by atoms with Crippen LogP contribution < -0.4 is 25.4 Å². The van der Waals surface area contributed by atoms with Gasteiger partial charge < -0.3 is 60.1 Å². The van der Waals surface area contributed by atoms with E-state index >= 15 is 0 Å². The number of carbonyl (C=O) groups is 7. The van der Waals surface area contributed by atoms with Crippen molar-refractivity contribution in [2.45, 2.75) is 109 Å². The topological polar surface area (TPSA) is 299 Å². The van der Waals surface area contributed by atoms with E-state index in [1.165, 1.54) is 82.5 Å². The predicted octanol–water partition coefficient (Wildman–Crippen LogP) is 6.43. The number of piperidine rings is 1. The van der Waals surface area contributed by atoms with Gasteiger partial charge in [-0.1, -0.05) is 127 Å². The molecule has 3 amide bonds. The molecule has 0 spiro atoms. The van der Waals surface area contributed by atoms with Gasteiger partial charge in [0.05, 0.1) is 30.9 Å². The quantitative estimate of drug-likeness (QED) is 0.0106. The summed E-state index contributed by atoms with van der Waals surface area (Å²) in [7, 11) is 2.96. The van der Waals surface area contributed by atoms with Gasteiger partial charge in [-0.15, -0.1) is 0 Å². The summed E-state index contributed by atoms with van der Waals surface area (Å²) >= 11 is 0. The Labute approximate surface area is 511 Å². The number of esters is 4. The Bertz CT molecular complexity index is 2740. The maximum absolute atomic E-state index is 14.1. The highest BCUT2D eigenvalue weighted by molar-refractivity contribution is 8.76. The van der Waals surface area contributed by atoms with Gasteiger partial charge in [0.25, 0.3) is 5.91 Å². The second-order valence-corrected chi connectivity index (χ2v) is 23.0. The van der Waals surface area contributed by atoms with Gasteiger partial charge in [0.2, 0.25) is 11.8 Å². The molecule has 2 unspecified atom stereocenters. The maximum atomic E-state index is 14.1. The zero-order valence-corrected chi connectivity index (χ0v) is 50.8. The highest BCUT2D eigenvalue weighted by Gasteiger charge is 2.42. The standard InChI is InChI=1S/C63H83N5O16S2/c1-4-5-6-7-8-9-10-11-12-13-14-15-16-17-18-19-20-31-55(73)81-45-63(2,3)58(84-62(79)48-28-22-24-30-52(48)83-61(78)47-27-21-23-29-51(47)82-60(77)46-26-25-33-64-41-46)59(76)67-34-32-53(71)65-35-39-85-86-40-36-66-54(72)44-80-38-37-68-42-50(70)57(75)56(74)49(68)43-69/h5-6,8-9,11-12,14-15,17-18,21-30,33,41,49-50,56-58,69-70,74-75H,4,7,10,13,16,19-20,31-32,34-40,42-45H2,1-3H3,(H,65,71)(H,66,72)(H,67,76)/b6-5-,9-8-,12-11-,15-14-,18-17+/t49?,50-,56-,57?,58+/m1/s1. The van der Waals surface area contributed by atoms with Crippen LogP contribution in [-0.2, 0) is 33.4 Å². The summed E-state index contributed by atoms with van der Waals surface area (Å²) in [5.74, 6) is -4.07. The maximum Gasteiger partial charge on any atom is 0.347 e. The van der Waals surface area contributed by atoms with Gasteiger partial charge in [0.1, 0.15) is 48.0 Å². The van der Waals surface area contributed by atoms with Gasteiger partial charge in [0, 0.05) is 74.9 Å². The van der Waals surface area contributed by atoms with Crippen LogP contribution in [0.15, 0.2) is 134 Å². The normalized spacial score (nSPS) is 16.8. The number of aliphatic hydroxyl groups excluding tert-OH is 4. The molecular formula is C63H83N5O16S2. The lowest BCUT2D eigenvalue weighted by Gasteiger charge is -2.42. The largest absolute Gasteiger partial charge is 0.465 e. The Kier molecular flexibility index (Phi) is 34.3. The summed E-state index contributed by atoms with van der Waals surface area (Å²) < 4.78 is 28.2. The van der Waals surface area contributed by atoms with E-state index in [9.17, 15) is 54.0 Å². The van der Waals surface area contributed by atoms with Gasteiger partial charge in [-0.05, 0) is 81.3 Å². The van der Waals surface area contributed by atoms with Crippen LogP contribution in [0, 0.1) is 5.41 Å². The number of β-amino-alcohol motifs (C(OH)–C–C–N with tert-alkyl or cyclic N) is 1. The molecule has 1 fully saturated rings. The zero-order chi connectivity index (χ0) is 62.4. The lowest BCUT2D eigenvalue weighted by Crippen LogP contribution is -2.62. The van der Waals surface area contributed by atoms with Crippen LogP contribution in [0.1, 0.15) is 110 Å². The smallest absolute Gasteiger partial charge is 0.347 e. The number of aromatic nitrogens is 1. The lowest BCUT2D eigenvalue weighted by atomic mass is 9.86.